The molecule has 8 heteroatoms. The van der Waals surface area contributed by atoms with E-state index in [2.05, 4.69) is 10.3 Å². The van der Waals surface area contributed by atoms with Gasteiger partial charge in [-0.15, -0.1) is 0 Å². The van der Waals surface area contributed by atoms with Crippen LogP contribution in [0.15, 0.2) is 82.6 Å². The van der Waals surface area contributed by atoms with Crippen molar-refractivity contribution in [3.63, 3.8) is 0 Å². The summed E-state index contributed by atoms with van der Waals surface area (Å²) in [5.74, 6) is 3.11. The first kappa shape index (κ1) is 21.6. The van der Waals surface area contributed by atoms with Crippen molar-refractivity contribution in [1.82, 2.24) is 9.55 Å². The fourth-order valence-electron chi connectivity index (χ4n) is 2.94. The molecule has 164 valence electrons. The van der Waals surface area contributed by atoms with Crippen LogP contribution in [0, 0.1) is 0 Å². The number of anilines is 1. The van der Waals surface area contributed by atoms with E-state index in [9.17, 15) is 4.79 Å². The summed E-state index contributed by atoms with van der Waals surface area (Å²) in [6, 6.07) is 18.0. The summed E-state index contributed by atoms with van der Waals surface area (Å²) < 4.78 is 19.1. The second-order valence-corrected chi connectivity index (χ2v) is 7.77. The van der Waals surface area contributed by atoms with Crippen molar-refractivity contribution in [2.75, 3.05) is 11.9 Å². The van der Waals surface area contributed by atoms with Crippen molar-refractivity contribution in [1.29, 1.82) is 0 Å². The van der Waals surface area contributed by atoms with E-state index in [0.29, 0.717) is 35.3 Å². The minimum atomic E-state index is -0.346. The molecule has 0 unspecified atom stereocenters. The number of imidazole rings is 1. The van der Waals surface area contributed by atoms with Gasteiger partial charge in [0.2, 0.25) is 0 Å². The Morgan fingerprint density at radius 3 is 2.62 bits per heavy atom. The lowest BCUT2D eigenvalue weighted by Gasteiger charge is -2.12. The number of ether oxygens (including phenoxy) is 2. The Labute approximate surface area is 190 Å². The predicted molar refractivity (Wildman–Crippen MR) is 124 cm³/mol. The highest BCUT2D eigenvalue weighted by Crippen LogP contribution is 2.31. The lowest BCUT2D eigenvalue weighted by Crippen LogP contribution is -2.11. The highest BCUT2D eigenvalue weighted by molar-refractivity contribution is 7.98. The summed E-state index contributed by atoms with van der Waals surface area (Å²) in [7, 11) is 1.93. The number of amides is 1. The van der Waals surface area contributed by atoms with Crippen molar-refractivity contribution in [3.05, 3.63) is 84.6 Å². The number of nitrogens with zero attached hydrogens (tertiary/aromatic N) is 2. The lowest BCUT2D eigenvalue weighted by molar-refractivity contribution is 0.0995. The van der Waals surface area contributed by atoms with Gasteiger partial charge in [0.25, 0.3) is 5.91 Å². The van der Waals surface area contributed by atoms with E-state index in [1.807, 2.05) is 61.1 Å². The summed E-state index contributed by atoms with van der Waals surface area (Å²) in [6.45, 7) is 2.54. The number of carbonyl (C=O) groups excluding carboxylic acids is 1. The molecule has 0 aliphatic heterocycles. The fourth-order valence-corrected chi connectivity index (χ4v) is 3.77. The van der Waals surface area contributed by atoms with Gasteiger partial charge in [0.05, 0.1) is 18.0 Å². The van der Waals surface area contributed by atoms with Crippen LogP contribution in [0.2, 0.25) is 0 Å². The number of furan rings is 1. The standard InChI is InChI=1S/C24H23N3O4S/c1-3-29-17-8-10-18(11-9-17)30-21-7-5-4-6-20(21)26-23(28)22-13-12-19(31-22)16-32-24-25-14-15-27(24)2/h4-15H,3,16H2,1-2H3,(H,26,28). The minimum absolute atomic E-state index is 0.233. The molecular weight excluding hydrogens is 426 g/mol. The third kappa shape index (κ3) is 5.33. The van der Waals surface area contributed by atoms with Gasteiger partial charge in [0.1, 0.15) is 17.3 Å². The highest BCUT2D eigenvalue weighted by Gasteiger charge is 2.15. The van der Waals surface area contributed by atoms with Gasteiger partial charge >= 0.3 is 0 Å². The second-order valence-electron chi connectivity index (χ2n) is 6.83. The van der Waals surface area contributed by atoms with Crippen LogP contribution in [0.3, 0.4) is 0 Å². The van der Waals surface area contributed by atoms with Crippen LogP contribution < -0.4 is 14.8 Å². The van der Waals surface area contributed by atoms with Gasteiger partial charge in [0, 0.05) is 19.4 Å². The molecule has 0 radical (unpaired) electrons. The largest absolute Gasteiger partial charge is 0.494 e. The summed E-state index contributed by atoms with van der Waals surface area (Å²) in [6.07, 6.45) is 3.63. The molecular formula is C24H23N3O4S. The van der Waals surface area contributed by atoms with E-state index >= 15 is 0 Å². The van der Waals surface area contributed by atoms with Crippen LogP contribution in [-0.2, 0) is 12.8 Å². The van der Waals surface area contributed by atoms with E-state index in [-0.39, 0.29) is 11.7 Å². The van der Waals surface area contributed by atoms with E-state index in [4.69, 9.17) is 13.9 Å². The topological polar surface area (TPSA) is 78.5 Å². The van der Waals surface area contributed by atoms with E-state index in [0.717, 1.165) is 10.9 Å². The summed E-state index contributed by atoms with van der Waals surface area (Å²) in [5, 5.41) is 3.75. The number of aromatic nitrogens is 2. The number of carbonyl (C=O) groups is 1. The third-order valence-corrected chi connectivity index (χ3v) is 5.58. The van der Waals surface area contributed by atoms with Crippen LogP contribution in [-0.4, -0.2) is 22.1 Å². The molecule has 0 aliphatic carbocycles. The average molecular weight is 450 g/mol. The molecule has 0 fully saturated rings. The number of benzene rings is 2. The molecule has 0 atom stereocenters. The highest BCUT2D eigenvalue weighted by atomic mass is 32.2. The maximum Gasteiger partial charge on any atom is 0.291 e. The van der Waals surface area contributed by atoms with Crippen LogP contribution in [0.25, 0.3) is 0 Å². The van der Waals surface area contributed by atoms with Gasteiger partial charge in [-0.1, -0.05) is 23.9 Å². The molecule has 0 saturated carbocycles. The quantitative estimate of drug-likeness (QED) is 0.328. The Hall–Kier alpha value is -3.65. The van der Waals surface area contributed by atoms with Crippen molar-refractivity contribution in [3.8, 4) is 17.2 Å². The normalized spacial score (nSPS) is 10.7. The molecule has 7 nitrogen and oxygen atoms in total. The third-order valence-electron chi connectivity index (χ3n) is 4.50. The molecule has 1 amide bonds. The molecule has 0 spiro atoms. The maximum atomic E-state index is 12.7. The molecule has 2 aromatic heterocycles. The molecule has 2 aromatic carbocycles. The van der Waals surface area contributed by atoms with Gasteiger partial charge in [-0.25, -0.2) is 4.98 Å². The Morgan fingerprint density at radius 1 is 1.09 bits per heavy atom. The molecule has 0 bridgehead atoms. The van der Waals surface area contributed by atoms with Crippen molar-refractivity contribution < 1.29 is 18.7 Å². The van der Waals surface area contributed by atoms with Crippen LogP contribution in [0.4, 0.5) is 5.69 Å². The Bertz CT molecular complexity index is 1180. The molecule has 4 aromatic rings. The molecule has 32 heavy (non-hydrogen) atoms. The zero-order chi connectivity index (χ0) is 22.3. The number of hydrogen-bond donors (Lipinski definition) is 1. The first-order valence-electron chi connectivity index (χ1n) is 10.1. The Balaban J connectivity index is 1.40. The second kappa shape index (κ2) is 10.1. The van der Waals surface area contributed by atoms with E-state index < -0.39 is 0 Å². The van der Waals surface area contributed by atoms with Crippen molar-refractivity contribution in [2.24, 2.45) is 7.05 Å². The monoisotopic (exact) mass is 449 g/mol. The summed E-state index contributed by atoms with van der Waals surface area (Å²) >= 11 is 1.54. The van der Waals surface area contributed by atoms with Crippen molar-refractivity contribution in [2.45, 2.75) is 17.8 Å². The summed E-state index contributed by atoms with van der Waals surface area (Å²) in [4.78, 5) is 17.0. The number of para-hydroxylation sites is 2. The zero-order valence-electron chi connectivity index (χ0n) is 17.8. The zero-order valence-corrected chi connectivity index (χ0v) is 18.6. The fraction of sp³-hybridized carbons (Fsp3) is 0.167. The minimum Gasteiger partial charge on any atom is -0.494 e. The maximum absolute atomic E-state index is 12.7. The smallest absolute Gasteiger partial charge is 0.291 e. The van der Waals surface area contributed by atoms with Crippen LogP contribution >= 0.6 is 11.8 Å². The first-order chi connectivity index (χ1) is 15.6. The molecule has 2 heterocycles. The summed E-state index contributed by atoms with van der Waals surface area (Å²) in [5.41, 5.74) is 0.548. The van der Waals surface area contributed by atoms with Gasteiger partial charge in [-0.05, 0) is 55.5 Å². The van der Waals surface area contributed by atoms with Gasteiger partial charge in [-0.3, -0.25) is 4.79 Å². The number of aryl methyl sites for hydroxylation is 1. The predicted octanol–water partition coefficient (Wildman–Crippen LogP) is 5.75. The van der Waals surface area contributed by atoms with Crippen molar-refractivity contribution >= 4 is 23.4 Å². The van der Waals surface area contributed by atoms with Gasteiger partial charge in [-0.2, -0.15) is 0 Å². The Kier molecular flexibility index (Phi) is 6.81. The molecule has 0 aliphatic rings. The molecule has 1 N–H and O–H groups in total. The van der Waals surface area contributed by atoms with Gasteiger partial charge in [0.15, 0.2) is 16.7 Å². The Morgan fingerprint density at radius 2 is 1.88 bits per heavy atom. The van der Waals surface area contributed by atoms with E-state index in [1.54, 1.807) is 42.2 Å². The first-order valence-corrected chi connectivity index (χ1v) is 11.1. The average Bonchev–Trinajstić information content (AvgIpc) is 3.44. The number of hydrogen-bond acceptors (Lipinski definition) is 6. The number of nitrogens with one attached hydrogen (secondary N) is 1. The number of rotatable bonds is 9. The van der Waals surface area contributed by atoms with Crippen LogP contribution in [0.5, 0.6) is 17.2 Å². The lowest BCUT2D eigenvalue weighted by atomic mass is 10.2. The SMILES string of the molecule is CCOc1ccc(Oc2ccccc2NC(=O)c2ccc(CSc3nccn3C)o2)cc1. The molecule has 4 rings (SSSR count). The molecule has 0 saturated heterocycles. The van der Waals surface area contributed by atoms with Gasteiger partial charge < -0.3 is 23.8 Å². The van der Waals surface area contributed by atoms with Crippen LogP contribution in [0.1, 0.15) is 23.2 Å². The number of thioether (sulfide) groups is 1. The van der Waals surface area contributed by atoms with E-state index in [1.165, 1.54) is 0 Å².